The van der Waals surface area contributed by atoms with E-state index < -0.39 is 28.4 Å². The summed E-state index contributed by atoms with van der Waals surface area (Å²) in [5, 5.41) is 10.8. The second-order valence-corrected chi connectivity index (χ2v) is 12.0. The maximum Gasteiger partial charge on any atom is 0.201 e. The molecule has 0 amide bonds. The zero-order valence-corrected chi connectivity index (χ0v) is 24.3. The van der Waals surface area contributed by atoms with Crippen molar-refractivity contribution in [1.82, 2.24) is 9.47 Å². The van der Waals surface area contributed by atoms with Crippen molar-refractivity contribution in [3.63, 3.8) is 0 Å². The fraction of sp³-hybridized carbons (Fsp3) is 0.212. The number of thiophene rings is 1. The van der Waals surface area contributed by atoms with E-state index in [4.69, 9.17) is 5.73 Å². The van der Waals surface area contributed by atoms with Crippen molar-refractivity contribution in [3.8, 4) is 10.4 Å². The van der Waals surface area contributed by atoms with Gasteiger partial charge in [-0.2, -0.15) is 0 Å². The van der Waals surface area contributed by atoms with E-state index in [9.17, 15) is 23.5 Å². The van der Waals surface area contributed by atoms with Crippen LogP contribution in [-0.2, 0) is 19.6 Å². The number of pyridine rings is 1. The first-order valence-electron chi connectivity index (χ1n) is 13.4. The number of carbonyl (C=O) groups is 1. The number of nitrogens with zero attached hydrogens (tertiary/aromatic N) is 2. The SMILES string of the molecule is CN(Cc1ccccc1)Cc1c(-c2ccc(N)cc2)sc2c1c(=O)c(C(=O)C(C)(C)O)cn2Cc1c(F)cccc1F. The molecule has 2 aromatic heterocycles. The number of hydrogen-bond acceptors (Lipinski definition) is 6. The molecule has 3 aromatic carbocycles. The third kappa shape index (κ3) is 5.90. The molecule has 0 spiro atoms. The van der Waals surface area contributed by atoms with Gasteiger partial charge in [-0.05, 0) is 61.9 Å². The van der Waals surface area contributed by atoms with Gasteiger partial charge in [0.2, 0.25) is 5.43 Å². The topological polar surface area (TPSA) is 88.6 Å². The van der Waals surface area contributed by atoms with Gasteiger partial charge in [0, 0.05) is 35.4 Å². The Morgan fingerprint density at radius 1 is 0.952 bits per heavy atom. The Kier molecular flexibility index (Phi) is 8.10. The third-order valence-corrected chi connectivity index (χ3v) is 8.41. The van der Waals surface area contributed by atoms with Crippen LogP contribution in [0.4, 0.5) is 14.5 Å². The minimum Gasteiger partial charge on any atom is -0.399 e. The lowest BCUT2D eigenvalue weighted by Crippen LogP contribution is -2.35. The molecule has 0 saturated carbocycles. The molecule has 42 heavy (non-hydrogen) atoms. The highest BCUT2D eigenvalue weighted by atomic mass is 32.1. The molecular formula is C33H31F2N3O3S. The van der Waals surface area contributed by atoms with Crippen LogP contribution in [0.25, 0.3) is 20.7 Å². The molecule has 9 heteroatoms. The predicted octanol–water partition coefficient (Wildman–Crippen LogP) is 6.22. The Morgan fingerprint density at radius 2 is 1.60 bits per heavy atom. The van der Waals surface area contributed by atoms with E-state index in [1.54, 1.807) is 12.1 Å². The molecule has 0 saturated heterocycles. The summed E-state index contributed by atoms with van der Waals surface area (Å²) in [5.74, 6) is -2.26. The normalized spacial score (nSPS) is 11.9. The predicted molar refractivity (Wildman–Crippen MR) is 164 cm³/mol. The molecule has 2 heterocycles. The van der Waals surface area contributed by atoms with Crippen LogP contribution < -0.4 is 11.2 Å². The Balaban J connectivity index is 1.77. The molecule has 0 unspecified atom stereocenters. The van der Waals surface area contributed by atoms with E-state index in [0.29, 0.717) is 29.2 Å². The molecule has 0 aliphatic carbocycles. The highest BCUT2D eigenvalue weighted by molar-refractivity contribution is 7.22. The van der Waals surface area contributed by atoms with E-state index in [2.05, 4.69) is 4.90 Å². The van der Waals surface area contributed by atoms with E-state index in [-0.39, 0.29) is 23.1 Å². The lowest BCUT2D eigenvalue weighted by atomic mass is 9.96. The largest absolute Gasteiger partial charge is 0.399 e. The minimum atomic E-state index is -1.84. The number of Topliss-reactive ketones (excluding diaryl/α,β-unsaturated/α-hetero) is 1. The summed E-state index contributed by atoms with van der Waals surface area (Å²) in [6.45, 7) is 3.29. The maximum atomic E-state index is 14.8. The first kappa shape index (κ1) is 29.3. The number of halogens is 2. The van der Waals surface area contributed by atoms with Gasteiger partial charge in [-0.1, -0.05) is 48.5 Å². The lowest BCUT2D eigenvalue weighted by molar-refractivity contribution is 0.0486. The molecule has 5 aromatic rings. The Labute approximate surface area is 246 Å². The average Bonchev–Trinajstić information content (AvgIpc) is 3.31. The summed E-state index contributed by atoms with van der Waals surface area (Å²) in [6, 6.07) is 20.7. The summed E-state index contributed by atoms with van der Waals surface area (Å²) < 4.78 is 31.1. The first-order chi connectivity index (χ1) is 19.9. The first-order valence-corrected chi connectivity index (χ1v) is 14.2. The number of nitrogen functional groups attached to an aromatic ring is 1. The van der Waals surface area contributed by atoms with E-state index in [0.717, 1.165) is 16.0 Å². The zero-order chi connectivity index (χ0) is 30.2. The van der Waals surface area contributed by atoms with Crippen LogP contribution in [0.15, 0.2) is 83.8 Å². The molecule has 6 nitrogen and oxygen atoms in total. The van der Waals surface area contributed by atoms with Gasteiger partial charge in [0.25, 0.3) is 0 Å². The molecular weight excluding hydrogens is 556 g/mol. The number of aliphatic hydroxyl groups is 1. The number of benzene rings is 3. The van der Waals surface area contributed by atoms with Crippen molar-refractivity contribution in [3.05, 3.63) is 123 Å². The third-order valence-electron chi connectivity index (χ3n) is 7.09. The number of carbonyl (C=O) groups excluding carboxylic acids is 1. The number of fused-ring (bicyclic) bond motifs is 1. The maximum absolute atomic E-state index is 14.8. The molecule has 3 N–H and O–H groups in total. The lowest BCUT2D eigenvalue weighted by Gasteiger charge is -2.19. The second kappa shape index (κ2) is 11.6. The van der Waals surface area contributed by atoms with Gasteiger partial charge in [0.05, 0.1) is 17.5 Å². The monoisotopic (exact) mass is 587 g/mol. The molecule has 0 aliphatic heterocycles. The van der Waals surface area contributed by atoms with Crippen molar-refractivity contribution in [2.45, 2.75) is 39.1 Å². The summed E-state index contributed by atoms with van der Waals surface area (Å²) in [4.78, 5) is 30.7. The van der Waals surface area contributed by atoms with Crippen molar-refractivity contribution in [2.24, 2.45) is 0 Å². The Bertz CT molecular complexity index is 1800. The standard InChI is InChI=1S/C33H31F2N3O3S/c1-33(2,41)31(40)25-19-38(18-23-26(34)10-7-11-27(23)35)32-28(29(25)39)24(17-37(3)16-20-8-5-4-6-9-20)30(42-32)21-12-14-22(36)15-13-21/h4-15,19,41H,16-18,36H2,1-3H3. The van der Waals surface area contributed by atoms with Gasteiger partial charge in [-0.25, -0.2) is 8.78 Å². The minimum absolute atomic E-state index is 0.200. The van der Waals surface area contributed by atoms with Gasteiger partial charge in [0.15, 0.2) is 5.78 Å². The van der Waals surface area contributed by atoms with Crippen LogP contribution in [0.1, 0.15) is 40.9 Å². The number of aromatic nitrogens is 1. The fourth-order valence-electron chi connectivity index (χ4n) is 5.00. The van der Waals surface area contributed by atoms with Gasteiger partial charge < -0.3 is 15.4 Å². The van der Waals surface area contributed by atoms with Crippen LogP contribution in [0, 0.1) is 11.6 Å². The van der Waals surface area contributed by atoms with Crippen LogP contribution >= 0.6 is 11.3 Å². The number of nitrogens with two attached hydrogens (primary N) is 1. The average molecular weight is 588 g/mol. The van der Waals surface area contributed by atoms with E-state index >= 15 is 0 Å². The van der Waals surface area contributed by atoms with Crippen molar-refractivity contribution >= 4 is 33.0 Å². The zero-order valence-electron chi connectivity index (χ0n) is 23.5. The number of hydrogen-bond donors (Lipinski definition) is 2. The highest BCUT2D eigenvalue weighted by Crippen LogP contribution is 2.39. The molecule has 0 radical (unpaired) electrons. The summed E-state index contributed by atoms with van der Waals surface area (Å²) in [7, 11) is 1.93. The number of rotatable bonds is 9. The fourth-order valence-corrected chi connectivity index (χ4v) is 6.29. The van der Waals surface area contributed by atoms with Crippen molar-refractivity contribution < 1.29 is 18.7 Å². The summed E-state index contributed by atoms with van der Waals surface area (Å²) in [6.07, 6.45) is 1.30. The summed E-state index contributed by atoms with van der Waals surface area (Å²) >= 11 is 1.31. The van der Waals surface area contributed by atoms with Crippen LogP contribution in [0.3, 0.4) is 0 Å². The Hall–Kier alpha value is -4.18. The van der Waals surface area contributed by atoms with Crippen LogP contribution in [0.5, 0.6) is 0 Å². The van der Waals surface area contributed by atoms with Gasteiger partial charge in [-0.15, -0.1) is 11.3 Å². The van der Waals surface area contributed by atoms with Gasteiger partial charge in [0.1, 0.15) is 22.1 Å². The quantitative estimate of drug-likeness (QED) is 0.158. The van der Waals surface area contributed by atoms with Crippen LogP contribution in [0.2, 0.25) is 0 Å². The molecule has 0 atom stereocenters. The number of ketones is 1. The van der Waals surface area contributed by atoms with Crippen molar-refractivity contribution in [1.29, 1.82) is 0 Å². The summed E-state index contributed by atoms with van der Waals surface area (Å²) in [5.41, 5.74) is 6.27. The highest BCUT2D eigenvalue weighted by Gasteiger charge is 2.31. The van der Waals surface area contributed by atoms with Gasteiger partial charge >= 0.3 is 0 Å². The van der Waals surface area contributed by atoms with E-state index in [1.807, 2.05) is 49.5 Å². The van der Waals surface area contributed by atoms with E-state index in [1.165, 1.54) is 54.1 Å². The number of anilines is 1. The molecule has 5 rings (SSSR count). The van der Waals surface area contributed by atoms with Gasteiger partial charge in [-0.3, -0.25) is 14.5 Å². The van der Waals surface area contributed by atoms with Crippen LogP contribution in [-0.4, -0.2) is 33.0 Å². The molecule has 0 fully saturated rings. The molecule has 0 bridgehead atoms. The smallest absolute Gasteiger partial charge is 0.201 e. The Morgan fingerprint density at radius 3 is 2.21 bits per heavy atom. The molecule has 0 aliphatic rings. The molecule has 216 valence electrons. The van der Waals surface area contributed by atoms with Crippen molar-refractivity contribution in [2.75, 3.05) is 12.8 Å². The second-order valence-electron chi connectivity index (χ2n) is 11.0.